The number of hydrogen-bond donors (Lipinski definition) is 1. The van der Waals surface area contributed by atoms with Gasteiger partial charge in [-0.3, -0.25) is 9.80 Å². The van der Waals surface area contributed by atoms with Gasteiger partial charge in [-0.1, -0.05) is 0 Å². The summed E-state index contributed by atoms with van der Waals surface area (Å²) in [4.78, 5) is 27.1. The van der Waals surface area contributed by atoms with Crippen LogP contribution < -0.4 is 10.2 Å². The van der Waals surface area contributed by atoms with Crippen molar-refractivity contribution >= 4 is 33.9 Å². The summed E-state index contributed by atoms with van der Waals surface area (Å²) in [5, 5.41) is 17.0. The third kappa shape index (κ3) is 3.92. The number of rotatable bonds is 5. The van der Waals surface area contributed by atoms with Crippen LogP contribution >= 0.6 is 11.3 Å². The van der Waals surface area contributed by atoms with Gasteiger partial charge in [0.15, 0.2) is 5.75 Å². The number of aromatic nitrogens is 1. The van der Waals surface area contributed by atoms with Crippen LogP contribution in [0.3, 0.4) is 0 Å². The van der Waals surface area contributed by atoms with E-state index in [9.17, 15) is 14.7 Å². The summed E-state index contributed by atoms with van der Waals surface area (Å²) >= 11 is 1.75. The van der Waals surface area contributed by atoms with Crippen LogP contribution in [0.4, 0.5) is 0 Å². The molecule has 6 rings (SSSR count). The molecule has 3 aromatic rings. The molecule has 0 unspecified atom stereocenters. The van der Waals surface area contributed by atoms with Crippen molar-refractivity contribution < 1.29 is 19.4 Å². The summed E-state index contributed by atoms with van der Waals surface area (Å²) in [5.74, 6) is -0.582. The SMILES string of the molecule is COc1c(-c2cc3c(s2)CCC/C3=N/N2CCOCC2)ccc2c(=O)c(C(=O)O)cn(C3CC3)c12. The number of aryl methyl sites for hydroxylation is 1. The van der Waals surface area contributed by atoms with Gasteiger partial charge in [-0.2, -0.15) is 5.10 Å². The van der Waals surface area contributed by atoms with E-state index in [1.165, 1.54) is 16.6 Å². The molecule has 0 atom stereocenters. The number of nitrogens with zero attached hydrogens (tertiary/aromatic N) is 3. The molecular formula is C26H27N3O5S. The van der Waals surface area contributed by atoms with E-state index in [1.54, 1.807) is 24.5 Å². The van der Waals surface area contributed by atoms with Crippen LogP contribution in [0.2, 0.25) is 0 Å². The predicted octanol–water partition coefficient (Wildman–Crippen LogP) is 4.14. The average molecular weight is 494 g/mol. The fourth-order valence-corrected chi connectivity index (χ4v) is 6.33. The molecule has 2 aliphatic carbocycles. The summed E-state index contributed by atoms with van der Waals surface area (Å²) in [5.41, 5.74) is 3.24. The molecule has 1 N–H and O–H groups in total. The van der Waals surface area contributed by atoms with Crippen molar-refractivity contribution in [3.63, 3.8) is 0 Å². The lowest BCUT2D eigenvalue weighted by atomic mass is 9.96. The second-order valence-corrected chi connectivity index (χ2v) is 10.4. The van der Waals surface area contributed by atoms with Crippen LogP contribution in [0.15, 0.2) is 34.3 Å². The molecule has 1 aliphatic heterocycles. The molecule has 35 heavy (non-hydrogen) atoms. The molecule has 182 valence electrons. The molecule has 3 heterocycles. The van der Waals surface area contributed by atoms with E-state index >= 15 is 0 Å². The largest absolute Gasteiger partial charge is 0.494 e. The van der Waals surface area contributed by atoms with Crippen LogP contribution in [0, 0.1) is 0 Å². The third-order valence-electron chi connectivity index (χ3n) is 6.97. The zero-order chi connectivity index (χ0) is 24.1. The van der Waals surface area contributed by atoms with E-state index in [1.807, 2.05) is 10.6 Å². The van der Waals surface area contributed by atoms with Crippen molar-refractivity contribution in [1.82, 2.24) is 9.58 Å². The highest BCUT2D eigenvalue weighted by Gasteiger charge is 2.30. The van der Waals surface area contributed by atoms with Gasteiger partial charge in [0, 0.05) is 33.1 Å². The van der Waals surface area contributed by atoms with E-state index in [0.717, 1.165) is 61.3 Å². The Hall–Kier alpha value is -3.17. The monoisotopic (exact) mass is 493 g/mol. The molecule has 1 aromatic carbocycles. The number of hydrogen-bond acceptors (Lipinski definition) is 7. The van der Waals surface area contributed by atoms with Crippen molar-refractivity contribution in [1.29, 1.82) is 0 Å². The molecule has 1 saturated carbocycles. The molecule has 0 amide bonds. The van der Waals surface area contributed by atoms with Crippen molar-refractivity contribution in [2.24, 2.45) is 5.10 Å². The highest BCUT2D eigenvalue weighted by molar-refractivity contribution is 7.16. The fraction of sp³-hybridized carbons (Fsp3) is 0.423. The minimum absolute atomic E-state index is 0.184. The first kappa shape index (κ1) is 22.3. The first-order valence-electron chi connectivity index (χ1n) is 12.1. The number of fused-ring (bicyclic) bond motifs is 2. The van der Waals surface area contributed by atoms with E-state index < -0.39 is 11.4 Å². The Bertz CT molecular complexity index is 1410. The van der Waals surface area contributed by atoms with Gasteiger partial charge in [0.2, 0.25) is 5.43 Å². The number of morpholine rings is 1. The lowest BCUT2D eigenvalue weighted by Gasteiger charge is -2.26. The molecular weight excluding hydrogens is 466 g/mol. The Morgan fingerprint density at radius 3 is 2.71 bits per heavy atom. The second kappa shape index (κ2) is 8.80. The Morgan fingerprint density at radius 2 is 2.00 bits per heavy atom. The summed E-state index contributed by atoms with van der Waals surface area (Å²) in [6.45, 7) is 3.04. The summed E-state index contributed by atoms with van der Waals surface area (Å²) < 4.78 is 13.3. The van der Waals surface area contributed by atoms with Gasteiger partial charge in [-0.25, -0.2) is 4.79 Å². The summed E-state index contributed by atoms with van der Waals surface area (Å²) in [6, 6.07) is 6.03. The molecule has 3 aliphatic rings. The van der Waals surface area contributed by atoms with E-state index in [0.29, 0.717) is 29.9 Å². The smallest absolute Gasteiger partial charge is 0.341 e. The summed E-state index contributed by atoms with van der Waals surface area (Å²) in [7, 11) is 1.62. The number of ether oxygens (including phenoxy) is 2. The van der Waals surface area contributed by atoms with Crippen LogP contribution in [0.1, 0.15) is 52.5 Å². The Kier molecular flexibility index (Phi) is 5.61. The maximum absolute atomic E-state index is 13.0. The van der Waals surface area contributed by atoms with Gasteiger partial charge in [-0.05, 0) is 50.3 Å². The molecule has 8 nitrogen and oxygen atoms in total. The highest BCUT2D eigenvalue weighted by atomic mass is 32.1. The number of carboxylic acids is 1. The number of thiophene rings is 1. The normalized spacial score (nSPS) is 19.2. The Labute approximate surface area is 206 Å². The van der Waals surface area contributed by atoms with Crippen molar-refractivity contribution in [2.75, 3.05) is 33.4 Å². The number of benzene rings is 1. The van der Waals surface area contributed by atoms with Crippen LogP contribution in [0.5, 0.6) is 5.75 Å². The topological polar surface area (TPSA) is 93.4 Å². The minimum Gasteiger partial charge on any atom is -0.494 e. The third-order valence-corrected chi connectivity index (χ3v) is 8.20. The van der Waals surface area contributed by atoms with Crippen molar-refractivity contribution in [2.45, 2.75) is 38.1 Å². The van der Waals surface area contributed by atoms with E-state index in [-0.39, 0.29) is 11.6 Å². The van der Waals surface area contributed by atoms with Gasteiger partial charge >= 0.3 is 5.97 Å². The van der Waals surface area contributed by atoms with Crippen LogP contribution in [-0.2, 0) is 11.2 Å². The lowest BCUT2D eigenvalue weighted by molar-refractivity contribution is 0.0392. The first-order valence-corrected chi connectivity index (χ1v) is 12.9. The van der Waals surface area contributed by atoms with Gasteiger partial charge in [0.05, 0.1) is 50.0 Å². The molecule has 1 saturated heterocycles. The summed E-state index contributed by atoms with van der Waals surface area (Å²) in [6.07, 6.45) is 6.45. The Morgan fingerprint density at radius 1 is 1.20 bits per heavy atom. The molecule has 9 heteroatoms. The number of pyridine rings is 1. The average Bonchev–Trinajstić information content (AvgIpc) is 3.62. The Balaban J connectivity index is 1.49. The lowest BCUT2D eigenvalue weighted by Crippen LogP contribution is -2.33. The predicted molar refractivity (Wildman–Crippen MR) is 135 cm³/mol. The maximum Gasteiger partial charge on any atom is 0.341 e. The fourth-order valence-electron chi connectivity index (χ4n) is 5.08. The zero-order valence-corrected chi connectivity index (χ0v) is 20.4. The minimum atomic E-state index is -1.20. The second-order valence-electron chi connectivity index (χ2n) is 9.27. The molecule has 0 spiro atoms. The number of methoxy groups -OCH3 is 1. The standard InChI is InChI=1S/C26H27N3O5S/c1-33-25-16(7-8-17-23(25)29(15-5-6-15)14-19(24(17)30)26(31)32)22-13-18-20(3-2-4-21(18)35-22)27-28-9-11-34-12-10-28/h7-8,13-15H,2-6,9-12H2,1H3,(H,31,32)/b27-20-. The van der Waals surface area contributed by atoms with Crippen LogP contribution in [0.25, 0.3) is 21.3 Å². The van der Waals surface area contributed by atoms with Crippen molar-refractivity contribution in [3.05, 3.63) is 50.6 Å². The molecule has 2 aromatic heterocycles. The van der Waals surface area contributed by atoms with Gasteiger partial charge in [0.25, 0.3) is 0 Å². The van der Waals surface area contributed by atoms with Gasteiger partial charge in [0.1, 0.15) is 5.56 Å². The highest BCUT2D eigenvalue weighted by Crippen LogP contribution is 2.45. The number of carboxylic acid groups (broad SMARTS) is 1. The number of carbonyl (C=O) groups is 1. The van der Waals surface area contributed by atoms with E-state index in [2.05, 4.69) is 11.1 Å². The molecule has 0 bridgehead atoms. The quantitative estimate of drug-likeness (QED) is 0.574. The molecule has 2 fully saturated rings. The first-order chi connectivity index (χ1) is 17.0. The number of aromatic carboxylic acids is 1. The van der Waals surface area contributed by atoms with Crippen LogP contribution in [-0.4, -0.2) is 59.8 Å². The van der Waals surface area contributed by atoms with Gasteiger partial charge < -0.3 is 19.1 Å². The zero-order valence-electron chi connectivity index (χ0n) is 19.6. The van der Waals surface area contributed by atoms with Gasteiger partial charge in [-0.15, -0.1) is 11.3 Å². The van der Waals surface area contributed by atoms with Crippen molar-refractivity contribution in [3.8, 4) is 16.2 Å². The maximum atomic E-state index is 13.0. The molecule has 0 radical (unpaired) electrons. The van der Waals surface area contributed by atoms with E-state index in [4.69, 9.17) is 14.6 Å². The number of hydrazone groups is 1.